The lowest BCUT2D eigenvalue weighted by Crippen LogP contribution is -2.41. The molecule has 0 spiro atoms. The summed E-state index contributed by atoms with van der Waals surface area (Å²) in [6, 6.07) is 8.29. The first-order valence-corrected chi connectivity index (χ1v) is 5.38. The molecule has 0 saturated carbocycles. The summed E-state index contributed by atoms with van der Waals surface area (Å²) < 4.78 is 0. The molecule has 0 fully saturated rings. The summed E-state index contributed by atoms with van der Waals surface area (Å²) >= 11 is 0. The quantitative estimate of drug-likeness (QED) is 0.581. The zero-order valence-corrected chi connectivity index (χ0v) is 9.78. The number of rotatable bonds is 6. The number of aliphatic hydroxyl groups excluding tert-OH is 1. The van der Waals surface area contributed by atoms with Crippen molar-refractivity contribution in [3.05, 3.63) is 48.6 Å². The van der Waals surface area contributed by atoms with E-state index in [1.165, 1.54) is 11.8 Å². The Morgan fingerprint density at radius 2 is 2.06 bits per heavy atom. The third kappa shape index (κ3) is 3.15. The SMILES string of the molecule is C=CC(c1ccccc1)N(CO)C(C)C(=O)O. The largest absolute Gasteiger partial charge is 0.480 e. The number of carboxylic acid groups (broad SMARTS) is 1. The topological polar surface area (TPSA) is 60.8 Å². The van der Waals surface area contributed by atoms with Gasteiger partial charge in [-0.3, -0.25) is 9.69 Å². The highest BCUT2D eigenvalue weighted by molar-refractivity contribution is 5.73. The number of carboxylic acids is 1. The molecule has 1 aromatic rings. The predicted octanol–water partition coefficient (Wildman–Crippen LogP) is 1.64. The maximum Gasteiger partial charge on any atom is 0.320 e. The normalized spacial score (nSPS) is 14.3. The molecule has 0 aliphatic carbocycles. The summed E-state index contributed by atoms with van der Waals surface area (Å²) in [6.45, 7) is 4.91. The average Bonchev–Trinajstić information content (AvgIpc) is 2.35. The molecule has 0 heterocycles. The van der Waals surface area contributed by atoms with Gasteiger partial charge in [-0.25, -0.2) is 0 Å². The van der Waals surface area contributed by atoms with Crippen LogP contribution >= 0.6 is 0 Å². The Labute approximate surface area is 101 Å². The lowest BCUT2D eigenvalue weighted by Gasteiger charge is -2.30. The van der Waals surface area contributed by atoms with Crippen molar-refractivity contribution < 1.29 is 15.0 Å². The minimum atomic E-state index is -0.971. The maximum atomic E-state index is 11.0. The molecule has 0 aromatic heterocycles. The van der Waals surface area contributed by atoms with Crippen LogP contribution < -0.4 is 0 Å². The third-order valence-electron chi connectivity index (χ3n) is 2.74. The standard InChI is InChI=1S/C13H17NO3/c1-3-12(11-7-5-4-6-8-11)14(9-15)10(2)13(16)17/h3-8,10,12,15H,1,9H2,2H3,(H,16,17). The first kappa shape index (κ1) is 13.4. The molecule has 2 N–H and O–H groups in total. The fourth-order valence-corrected chi connectivity index (χ4v) is 1.71. The van der Waals surface area contributed by atoms with Gasteiger partial charge in [0, 0.05) is 0 Å². The van der Waals surface area contributed by atoms with Crippen LogP contribution in [0, 0.1) is 0 Å². The van der Waals surface area contributed by atoms with Gasteiger partial charge in [-0.2, -0.15) is 0 Å². The number of nitrogens with zero attached hydrogens (tertiary/aromatic N) is 1. The van der Waals surface area contributed by atoms with Crippen molar-refractivity contribution in [3.8, 4) is 0 Å². The number of benzene rings is 1. The summed E-state index contributed by atoms with van der Waals surface area (Å²) in [5.41, 5.74) is 0.907. The van der Waals surface area contributed by atoms with E-state index in [0.29, 0.717) is 0 Å². The molecular weight excluding hydrogens is 218 g/mol. The first-order chi connectivity index (χ1) is 8.11. The molecule has 4 nitrogen and oxygen atoms in total. The van der Waals surface area contributed by atoms with Gasteiger partial charge in [-0.05, 0) is 12.5 Å². The van der Waals surface area contributed by atoms with Crippen molar-refractivity contribution in [1.82, 2.24) is 4.90 Å². The van der Waals surface area contributed by atoms with Crippen molar-refractivity contribution in [2.24, 2.45) is 0 Å². The Kier molecular flexibility index (Phi) is 4.87. The molecule has 0 saturated heterocycles. The van der Waals surface area contributed by atoms with E-state index in [0.717, 1.165) is 5.56 Å². The Balaban J connectivity index is 2.99. The minimum absolute atomic E-state index is 0.313. The second kappa shape index (κ2) is 6.18. The molecule has 17 heavy (non-hydrogen) atoms. The molecule has 0 amide bonds. The zero-order chi connectivity index (χ0) is 12.8. The van der Waals surface area contributed by atoms with Crippen molar-refractivity contribution in [3.63, 3.8) is 0 Å². The number of aliphatic carboxylic acids is 1. The van der Waals surface area contributed by atoms with E-state index in [9.17, 15) is 9.90 Å². The van der Waals surface area contributed by atoms with Gasteiger partial charge in [-0.15, -0.1) is 6.58 Å². The monoisotopic (exact) mass is 235 g/mol. The van der Waals surface area contributed by atoms with Crippen LogP contribution in [0.25, 0.3) is 0 Å². The van der Waals surface area contributed by atoms with E-state index >= 15 is 0 Å². The van der Waals surface area contributed by atoms with Crippen molar-refractivity contribution >= 4 is 5.97 Å². The Bertz CT molecular complexity index is 378. The lowest BCUT2D eigenvalue weighted by molar-refractivity contribution is -0.145. The molecule has 0 bridgehead atoms. The first-order valence-electron chi connectivity index (χ1n) is 5.38. The van der Waals surface area contributed by atoms with Crippen LogP contribution in [0.4, 0.5) is 0 Å². The second-order valence-corrected chi connectivity index (χ2v) is 3.76. The molecule has 2 atom stereocenters. The molecule has 0 radical (unpaired) electrons. The van der Waals surface area contributed by atoms with Gasteiger partial charge in [0.15, 0.2) is 0 Å². The molecule has 0 aliphatic rings. The third-order valence-corrected chi connectivity index (χ3v) is 2.74. The summed E-state index contributed by atoms with van der Waals surface area (Å²) in [5.74, 6) is -0.971. The fourth-order valence-electron chi connectivity index (χ4n) is 1.71. The number of hydrogen-bond acceptors (Lipinski definition) is 3. The van der Waals surface area contributed by atoms with E-state index in [2.05, 4.69) is 6.58 Å². The highest BCUT2D eigenvalue weighted by Crippen LogP contribution is 2.23. The molecule has 2 unspecified atom stereocenters. The van der Waals surface area contributed by atoms with Gasteiger partial charge >= 0.3 is 5.97 Å². The maximum absolute atomic E-state index is 11.0. The van der Waals surface area contributed by atoms with Crippen molar-refractivity contribution in [1.29, 1.82) is 0 Å². The second-order valence-electron chi connectivity index (χ2n) is 3.76. The van der Waals surface area contributed by atoms with Gasteiger partial charge in [0.1, 0.15) is 6.04 Å². The van der Waals surface area contributed by atoms with E-state index in [1.54, 1.807) is 6.08 Å². The predicted molar refractivity (Wildman–Crippen MR) is 65.4 cm³/mol. The summed E-state index contributed by atoms with van der Waals surface area (Å²) in [7, 11) is 0. The summed E-state index contributed by atoms with van der Waals surface area (Å²) in [4.78, 5) is 12.4. The van der Waals surface area contributed by atoms with E-state index < -0.39 is 12.0 Å². The van der Waals surface area contributed by atoms with Gasteiger partial charge in [-0.1, -0.05) is 36.4 Å². The number of hydrogen-bond donors (Lipinski definition) is 2. The van der Waals surface area contributed by atoms with Gasteiger partial charge in [0.05, 0.1) is 12.8 Å². The van der Waals surface area contributed by atoms with Crippen LogP contribution in [0.3, 0.4) is 0 Å². The van der Waals surface area contributed by atoms with Crippen LogP contribution in [-0.2, 0) is 4.79 Å². The summed E-state index contributed by atoms with van der Waals surface area (Å²) in [6.07, 6.45) is 1.63. The molecule has 0 aliphatic heterocycles. The molecule has 92 valence electrons. The zero-order valence-electron chi connectivity index (χ0n) is 9.78. The van der Waals surface area contributed by atoms with E-state index in [1.807, 2.05) is 30.3 Å². The Morgan fingerprint density at radius 1 is 1.47 bits per heavy atom. The Hall–Kier alpha value is -1.65. The van der Waals surface area contributed by atoms with Crippen LogP contribution in [0.15, 0.2) is 43.0 Å². The van der Waals surface area contributed by atoms with Crippen molar-refractivity contribution in [2.75, 3.05) is 6.73 Å². The molecule has 1 aromatic carbocycles. The van der Waals surface area contributed by atoms with Gasteiger partial charge in [0.2, 0.25) is 0 Å². The number of aliphatic hydroxyl groups is 1. The van der Waals surface area contributed by atoms with Crippen LogP contribution in [0.5, 0.6) is 0 Å². The van der Waals surface area contributed by atoms with Gasteiger partial charge < -0.3 is 10.2 Å². The molecular formula is C13H17NO3. The number of carbonyl (C=O) groups is 1. The highest BCUT2D eigenvalue weighted by Gasteiger charge is 2.26. The Morgan fingerprint density at radius 3 is 2.47 bits per heavy atom. The van der Waals surface area contributed by atoms with Crippen LogP contribution in [0.1, 0.15) is 18.5 Å². The van der Waals surface area contributed by atoms with E-state index in [-0.39, 0.29) is 12.8 Å². The van der Waals surface area contributed by atoms with E-state index in [4.69, 9.17) is 5.11 Å². The van der Waals surface area contributed by atoms with Crippen LogP contribution in [-0.4, -0.2) is 33.9 Å². The minimum Gasteiger partial charge on any atom is -0.480 e. The van der Waals surface area contributed by atoms with Crippen molar-refractivity contribution in [2.45, 2.75) is 19.0 Å². The van der Waals surface area contributed by atoms with Gasteiger partial charge in [0.25, 0.3) is 0 Å². The van der Waals surface area contributed by atoms with Crippen LogP contribution in [0.2, 0.25) is 0 Å². The smallest absolute Gasteiger partial charge is 0.320 e. The fraction of sp³-hybridized carbons (Fsp3) is 0.308. The summed E-state index contributed by atoms with van der Waals surface area (Å²) in [5, 5.41) is 18.3. The highest BCUT2D eigenvalue weighted by atomic mass is 16.4. The lowest BCUT2D eigenvalue weighted by atomic mass is 10.0. The molecule has 1 rings (SSSR count). The average molecular weight is 235 g/mol. The molecule has 4 heteroatoms.